The largest absolute Gasteiger partial charge is 0.479 e. The van der Waals surface area contributed by atoms with Crippen LogP contribution < -0.4 is 9.47 Å². The third-order valence-electron chi connectivity index (χ3n) is 4.32. The van der Waals surface area contributed by atoms with Gasteiger partial charge in [0.2, 0.25) is 5.75 Å². The highest BCUT2D eigenvalue weighted by Gasteiger charge is 2.31. The second kappa shape index (κ2) is 12.2. The van der Waals surface area contributed by atoms with Crippen LogP contribution in [0.1, 0.15) is 5.56 Å². The minimum Gasteiger partial charge on any atom is -0.479 e. The summed E-state index contributed by atoms with van der Waals surface area (Å²) in [5, 5.41) is 11.0. The molecule has 0 heterocycles. The number of amides is 1. The molecule has 0 aliphatic heterocycles. The van der Waals surface area contributed by atoms with Crippen LogP contribution in [0.2, 0.25) is 5.02 Å². The van der Waals surface area contributed by atoms with Gasteiger partial charge in [0.1, 0.15) is 24.7 Å². The van der Waals surface area contributed by atoms with E-state index in [9.17, 15) is 32.9 Å². The van der Waals surface area contributed by atoms with E-state index in [0.29, 0.717) is 6.07 Å². The van der Waals surface area contributed by atoms with E-state index in [1.165, 1.54) is 25.1 Å². The molecule has 0 fully saturated rings. The van der Waals surface area contributed by atoms with Crippen molar-refractivity contribution in [3.05, 3.63) is 57.1 Å². The summed E-state index contributed by atoms with van der Waals surface area (Å²) >= 11 is 5.86. The molecule has 0 aromatic heterocycles. The fourth-order valence-electron chi connectivity index (χ4n) is 2.55. The van der Waals surface area contributed by atoms with Crippen molar-refractivity contribution < 1.29 is 46.6 Å². The van der Waals surface area contributed by atoms with Crippen molar-refractivity contribution in [3.63, 3.8) is 0 Å². The lowest BCUT2D eigenvalue weighted by molar-refractivity contribution is -0.385. The summed E-state index contributed by atoms with van der Waals surface area (Å²) in [5.74, 6) is -1.01. The average molecular weight is 521 g/mol. The molecule has 0 spiro atoms. The van der Waals surface area contributed by atoms with Crippen LogP contribution in [-0.2, 0) is 20.4 Å². The molecule has 0 bridgehead atoms. The van der Waals surface area contributed by atoms with E-state index >= 15 is 0 Å². The normalized spacial score (nSPS) is 11.0. The van der Waals surface area contributed by atoms with Gasteiger partial charge in [0.15, 0.2) is 5.78 Å². The molecule has 0 aliphatic rings. The van der Waals surface area contributed by atoms with Crippen molar-refractivity contribution in [1.29, 1.82) is 0 Å². The number of hydrogen-bond acceptors (Lipinski definition) is 8. The molecule has 0 aliphatic carbocycles. The number of rotatable bonds is 11. The number of benzene rings is 2. The number of nitro groups is 1. The number of ether oxygens (including phenoxy) is 4. The Bertz CT molecular complexity index is 1080. The maximum absolute atomic E-state index is 12.8. The van der Waals surface area contributed by atoms with Crippen molar-refractivity contribution in [2.75, 3.05) is 40.5 Å². The van der Waals surface area contributed by atoms with Gasteiger partial charge < -0.3 is 23.8 Å². The fraction of sp³-hybridized carbons (Fsp3) is 0.333. The number of halogens is 4. The van der Waals surface area contributed by atoms with Crippen LogP contribution in [0.3, 0.4) is 0 Å². The van der Waals surface area contributed by atoms with Crippen molar-refractivity contribution in [2.45, 2.75) is 6.18 Å². The van der Waals surface area contributed by atoms with E-state index in [0.717, 1.165) is 24.3 Å². The monoisotopic (exact) mass is 520 g/mol. The van der Waals surface area contributed by atoms with Crippen LogP contribution in [-0.4, -0.2) is 62.2 Å². The Kier molecular flexibility index (Phi) is 9.66. The number of carbonyl (C=O) groups is 2. The minimum absolute atomic E-state index is 0.0261. The van der Waals surface area contributed by atoms with Gasteiger partial charge in [-0.05, 0) is 24.3 Å². The first kappa shape index (κ1) is 27.7. The Hall–Kier alpha value is -3.58. The summed E-state index contributed by atoms with van der Waals surface area (Å²) in [6, 6.07) is 5.80. The lowest BCUT2D eigenvalue weighted by Crippen LogP contribution is -2.30. The highest BCUT2D eigenvalue weighted by Crippen LogP contribution is 2.38. The zero-order chi connectivity index (χ0) is 26.2. The molecule has 190 valence electrons. The standard InChI is InChI=1S/C21H20ClF3N2O8/c1-26(20(29)32-2)7-8-33-11-14(28)12-34-19-10-15(4-5-17(19)27(30)31)35-18-6-3-13(9-16(18)22)21(23,24)25/h3-6,9-10H,7-8,11-12H2,1-2H3. The van der Waals surface area contributed by atoms with Crippen LogP contribution in [0.4, 0.5) is 23.7 Å². The Morgan fingerprint density at radius 3 is 2.43 bits per heavy atom. The minimum atomic E-state index is -4.59. The van der Waals surface area contributed by atoms with Gasteiger partial charge in [-0.25, -0.2) is 4.79 Å². The maximum atomic E-state index is 12.8. The first-order valence-electron chi connectivity index (χ1n) is 9.76. The van der Waals surface area contributed by atoms with E-state index in [4.69, 9.17) is 25.8 Å². The van der Waals surface area contributed by atoms with Crippen LogP contribution in [0.5, 0.6) is 17.2 Å². The molecule has 35 heavy (non-hydrogen) atoms. The number of carbonyl (C=O) groups excluding carboxylic acids is 2. The van der Waals surface area contributed by atoms with Crippen molar-refractivity contribution in [3.8, 4) is 17.2 Å². The molecule has 0 atom stereocenters. The predicted octanol–water partition coefficient (Wildman–Crippen LogP) is 4.72. The van der Waals surface area contributed by atoms with Crippen LogP contribution >= 0.6 is 11.6 Å². The Morgan fingerprint density at radius 2 is 1.83 bits per heavy atom. The molecule has 14 heteroatoms. The zero-order valence-electron chi connectivity index (χ0n) is 18.5. The van der Waals surface area contributed by atoms with Crippen LogP contribution in [0.15, 0.2) is 36.4 Å². The summed E-state index contributed by atoms with van der Waals surface area (Å²) in [6.45, 7) is -0.745. The topological polar surface area (TPSA) is 117 Å². The number of Topliss-reactive ketones (excluding diaryl/α,β-unsaturated/α-hetero) is 1. The summed E-state index contributed by atoms with van der Waals surface area (Å²) in [6.07, 6.45) is -5.17. The number of alkyl halides is 3. The predicted molar refractivity (Wildman–Crippen MR) is 116 cm³/mol. The number of hydrogen-bond donors (Lipinski definition) is 0. The number of likely N-dealkylation sites (N-methyl/N-ethyl adjacent to an activating group) is 1. The third kappa shape index (κ3) is 8.30. The fourth-order valence-corrected chi connectivity index (χ4v) is 2.76. The first-order chi connectivity index (χ1) is 16.4. The Balaban J connectivity index is 2.01. The molecule has 0 unspecified atom stereocenters. The van der Waals surface area contributed by atoms with Gasteiger partial charge in [0.05, 0.1) is 29.2 Å². The summed E-state index contributed by atoms with van der Waals surface area (Å²) in [5.41, 5.74) is -1.44. The van der Waals surface area contributed by atoms with Crippen molar-refractivity contribution >= 4 is 29.2 Å². The second-order valence-electron chi connectivity index (χ2n) is 6.90. The summed E-state index contributed by atoms with van der Waals surface area (Å²) < 4.78 is 58.7. The molecule has 2 rings (SSSR count). The smallest absolute Gasteiger partial charge is 0.416 e. The SMILES string of the molecule is COC(=O)N(C)CCOCC(=O)COc1cc(Oc2ccc(C(F)(F)F)cc2Cl)ccc1[N+](=O)[O-]. The molecule has 0 N–H and O–H groups in total. The maximum Gasteiger partial charge on any atom is 0.416 e. The lowest BCUT2D eigenvalue weighted by Gasteiger charge is -2.15. The van der Waals surface area contributed by atoms with Crippen LogP contribution in [0.25, 0.3) is 0 Å². The van der Waals surface area contributed by atoms with E-state index in [2.05, 4.69) is 4.74 Å². The molecule has 0 saturated heterocycles. The Morgan fingerprint density at radius 1 is 1.11 bits per heavy atom. The number of nitrogens with zero attached hydrogens (tertiary/aromatic N) is 2. The van der Waals surface area contributed by atoms with Gasteiger partial charge >= 0.3 is 18.0 Å². The highest BCUT2D eigenvalue weighted by molar-refractivity contribution is 6.32. The number of ketones is 1. The Labute approximate surface area is 202 Å². The van der Waals surface area contributed by atoms with Gasteiger partial charge in [-0.3, -0.25) is 14.9 Å². The summed E-state index contributed by atoms with van der Waals surface area (Å²) in [7, 11) is 2.70. The van der Waals surface area contributed by atoms with E-state index in [1.807, 2.05) is 0 Å². The second-order valence-corrected chi connectivity index (χ2v) is 7.31. The van der Waals surface area contributed by atoms with Crippen molar-refractivity contribution in [2.24, 2.45) is 0 Å². The molecular formula is C21H20ClF3N2O8. The lowest BCUT2D eigenvalue weighted by atomic mass is 10.2. The molecule has 2 aromatic carbocycles. The van der Waals surface area contributed by atoms with E-state index in [-0.39, 0.29) is 42.0 Å². The van der Waals surface area contributed by atoms with Gasteiger partial charge in [-0.1, -0.05) is 11.6 Å². The first-order valence-corrected chi connectivity index (χ1v) is 10.1. The van der Waals surface area contributed by atoms with Gasteiger partial charge in [-0.2, -0.15) is 13.2 Å². The molecular weight excluding hydrogens is 501 g/mol. The third-order valence-corrected chi connectivity index (χ3v) is 4.62. The quantitative estimate of drug-likeness (QED) is 0.237. The molecule has 0 saturated carbocycles. The van der Waals surface area contributed by atoms with Crippen molar-refractivity contribution in [1.82, 2.24) is 4.90 Å². The zero-order valence-corrected chi connectivity index (χ0v) is 19.2. The molecule has 0 radical (unpaired) electrons. The number of methoxy groups -OCH3 is 1. The molecule has 1 amide bonds. The average Bonchev–Trinajstić information content (AvgIpc) is 2.80. The van der Waals surface area contributed by atoms with Crippen LogP contribution in [0, 0.1) is 10.1 Å². The van der Waals surface area contributed by atoms with E-state index in [1.54, 1.807) is 0 Å². The molecule has 2 aromatic rings. The van der Waals surface area contributed by atoms with Gasteiger partial charge in [-0.15, -0.1) is 0 Å². The van der Waals surface area contributed by atoms with Gasteiger partial charge in [0.25, 0.3) is 0 Å². The van der Waals surface area contributed by atoms with Gasteiger partial charge in [0, 0.05) is 25.7 Å². The van der Waals surface area contributed by atoms with E-state index < -0.39 is 40.8 Å². The number of nitro benzene ring substituents is 1. The summed E-state index contributed by atoms with van der Waals surface area (Å²) in [4.78, 5) is 35.0. The highest BCUT2D eigenvalue weighted by atomic mass is 35.5. The molecule has 10 nitrogen and oxygen atoms in total.